The minimum absolute atomic E-state index is 0.114. The van der Waals surface area contributed by atoms with E-state index in [1.807, 2.05) is 35.2 Å². The second-order valence-electron chi connectivity index (χ2n) is 6.37. The molecule has 4 rings (SSSR count). The Labute approximate surface area is 146 Å². The minimum atomic E-state index is 0.114. The Kier molecular flexibility index (Phi) is 4.29. The molecule has 0 bridgehead atoms. The van der Waals surface area contributed by atoms with E-state index < -0.39 is 0 Å². The molecule has 2 heterocycles. The van der Waals surface area contributed by atoms with Crippen LogP contribution in [0, 0.1) is 0 Å². The topological polar surface area (TPSA) is 51.0 Å². The molecular formula is C20H20N4O. The number of likely N-dealkylation sites (tertiary alicyclic amines) is 1. The monoisotopic (exact) mass is 332 g/mol. The SMILES string of the molecule is O=C(c1ccc(-n2cncn2)cc1)N1CCCC1Cc1ccccc1. The van der Waals surface area contributed by atoms with Crippen molar-refractivity contribution in [2.24, 2.45) is 0 Å². The van der Waals surface area contributed by atoms with Gasteiger partial charge in [-0.05, 0) is 49.1 Å². The highest BCUT2D eigenvalue weighted by molar-refractivity contribution is 5.94. The predicted molar refractivity (Wildman–Crippen MR) is 95.6 cm³/mol. The van der Waals surface area contributed by atoms with Crippen molar-refractivity contribution in [3.05, 3.63) is 78.4 Å². The van der Waals surface area contributed by atoms with Crippen LogP contribution in [0.4, 0.5) is 0 Å². The van der Waals surface area contributed by atoms with Gasteiger partial charge in [-0.1, -0.05) is 30.3 Å². The Balaban J connectivity index is 1.49. The summed E-state index contributed by atoms with van der Waals surface area (Å²) in [5, 5.41) is 4.11. The molecule has 2 aromatic carbocycles. The van der Waals surface area contributed by atoms with E-state index in [0.717, 1.165) is 37.1 Å². The van der Waals surface area contributed by atoms with Gasteiger partial charge in [0.2, 0.25) is 0 Å². The summed E-state index contributed by atoms with van der Waals surface area (Å²) in [5.41, 5.74) is 2.91. The van der Waals surface area contributed by atoms with Crippen LogP contribution >= 0.6 is 0 Å². The van der Waals surface area contributed by atoms with Crippen LogP contribution in [0.15, 0.2) is 67.3 Å². The first-order valence-electron chi connectivity index (χ1n) is 8.61. The first-order valence-corrected chi connectivity index (χ1v) is 8.61. The van der Waals surface area contributed by atoms with Gasteiger partial charge in [0.25, 0.3) is 5.91 Å². The van der Waals surface area contributed by atoms with E-state index >= 15 is 0 Å². The number of nitrogens with zero attached hydrogens (tertiary/aromatic N) is 4. The van der Waals surface area contributed by atoms with Crippen LogP contribution < -0.4 is 0 Å². The number of aromatic nitrogens is 3. The second-order valence-corrected chi connectivity index (χ2v) is 6.37. The standard InChI is InChI=1S/C20H20N4O/c25-20(17-8-10-18(11-9-17)24-15-21-14-22-24)23-12-4-7-19(23)13-16-5-2-1-3-6-16/h1-3,5-6,8-11,14-15,19H,4,7,12-13H2. The van der Waals surface area contributed by atoms with Crippen molar-refractivity contribution in [2.45, 2.75) is 25.3 Å². The van der Waals surface area contributed by atoms with Crippen molar-refractivity contribution >= 4 is 5.91 Å². The molecule has 1 aliphatic heterocycles. The van der Waals surface area contributed by atoms with Crippen LogP contribution in [0.25, 0.3) is 5.69 Å². The molecule has 126 valence electrons. The van der Waals surface area contributed by atoms with Gasteiger partial charge in [0.1, 0.15) is 12.7 Å². The van der Waals surface area contributed by atoms with Crippen LogP contribution in [0.1, 0.15) is 28.8 Å². The lowest BCUT2D eigenvalue weighted by atomic mass is 10.0. The molecule has 5 nitrogen and oxygen atoms in total. The quantitative estimate of drug-likeness (QED) is 0.737. The van der Waals surface area contributed by atoms with Gasteiger partial charge in [-0.2, -0.15) is 5.10 Å². The van der Waals surface area contributed by atoms with E-state index in [-0.39, 0.29) is 11.9 Å². The fourth-order valence-electron chi connectivity index (χ4n) is 3.47. The Morgan fingerprint density at radius 3 is 2.60 bits per heavy atom. The number of carbonyl (C=O) groups is 1. The van der Waals surface area contributed by atoms with Crippen LogP contribution in [-0.4, -0.2) is 38.2 Å². The normalized spacial score (nSPS) is 17.0. The Morgan fingerprint density at radius 2 is 1.88 bits per heavy atom. The van der Waals surface area contributed by atoms with Gasteiger partial charge >= 0.3 is 0 Å². The average molecular weight is 332 g/mol. The number of benzene rings is 2. The van der Waals surface area contributed by atoms with Crippen LogP contribution in [0.3, 0.4) is 0 Å². The average Bonchev–Trinajstić information content (AvgIpc) is 3.34. The summed E-state index contributed by atoms with van der Waals surface area (Å²) in [7, 11) is 0. The summed E-state index contributed by atoms with van der Waals surface area (Å²) < 4.78 is 1.68. The first-order chi connectivity index (χ1) is 12.3. The number of amides is 1. The van der Waals surface area contributed by atoms with Crippen molar-refractivity contribution in [2.75, 3.05) is 6.54 Å². The van der Waals surface area contributed by atoms with E-state index in [4.69, 9.17) is 0 Å². The highest BCUT2D eigenvalue weighted by Crippen LogP contribution is 2.23. The third kappa shape index (κ3) is 3.31. The fourth-order valence-corrected chi connectivity index (χ4v) is 3.47. The second kappa shape index (κ2) is 6.89. The smallest absolute Gasteiger partial charge is 0.254 e. The molecule has 3 aromatic rings. The van der Waals surface area contributed by atoms with Crippen LogP contribution in [-0.2, 0) is 6.42 Å². The number of hydrogen-bond donors (Lipinski definition) is 0. The summed E-state index contributed by atoms with van der Waals surface area (Å²) in [5.74, 6) is 0.114. The lowest BCUT2D eigenvalue weighted by molar-refractivity contribution is 0.0736. The maximum atomic E-state index is 12.9. The third-order valence-electron chi connectivity index (χ3n) is 4.75. The van der Waals surface area contributed by atoms with Crippen molar-refractivity contribution in [1.29, 1.82) is 0 Å². The van der Waals surface area contributed by atoms with E-state index in [1.165, 1.54) is 11.9 Å². The van der Waals surface area contributed by atoms with E-state index in [1.54, 1.807) is 11.0 Å². The van der Waals surface area contributed by atoms with Crippen molar-refractivity contribution < 1.29 is 4.79 Å². The lowest BCUT2D eigenvalue weighted by Gasteiger charge is -2.25. The molecule has 1 aliphatic rings. The summed E-state index contributed by atoms with van der Waals surface area (Å²) in [6, 6.07) is 18.2. The molecule has 0 aliphatic carbocycles. The molecule has 0 spiro atoms. The molecule has 0 radical (unpaired) electrons. The molecule has 0 N–H and O–H groups in total. The van der Waals surface area contributed by atoms with Gasteiger partial charge in [0.05, 0.1) is 5.69 Å². The van der Waals surface area contributed by atoms with Gasteiger partial charge in [-0.25, -0.2) is 9.67 Å². The number of hydrogen-bond acceptors (Lipinski definition) is 3. The van der Waals surface area contributed by atoms with Gasteiger partial charge in [-0.15, -0.1) is 0 Å². The Morgan fingerprint density at radius 1 is 1.08 bits per heavy atom. The zero-order valence-electron chi connectivity index (χ0n) is 14.0. The summed E-state index contributed by atoms with van der Waals surface area (Å²) >= 11 is 0. The molecular weight excluding hydrogens is 312 g/mol. The molecule has 1 unspecified atom stereocenters. The van der Waals surface area contributed by atoms with Gasteiger partial charge < -0.3 is 4.90 Å². The largest absolute Gasteiger partial charge is 0.335 e. The van der Waals surface area contributed by atoms with E-state index in [2.05, 4.69) is 34.3 Å². The van der Waals surface area contributed by atoms with Crippen molar-refractivity contribution in [3.8, 4) is 5.69 Å². The minimum Gasteiger partial charge on any atom is -0.335 e. The third-order valence-corrected chi connectivity index (χ3v) is 4.75. The highest BCUT2D eigenvalue weighted by Gasteiger charge is 2.29. The molecule has 1 amide bonds. The number of carbonyl (C=O) groups excluding carboxylic acids is 1. The van der Waals surface area contributed by atoms with E-state index in [9.17, 15) is 4.79 Å². The number of rotatable bonds is 4. The zero-order valence-corrected chi connectivity index (χ0v) is 14.0. The maximum absolute atomic E-state index is 12.9. The fraction of sp³-hybridized carbons (Fsp3) is 0.250. The van der Waals surface area contributed by atoms with Gasteiger partial charge in [-0.3, -0.25) is 4.79 Å². The Hall–Kier alpha value is -2.95. The van der Waals surface area contributed by atoms with Gasteiger partial charge in [0, 0.05) is 18.2 Å². The van der Waals surface area contributed by atoms with E-state index in [0.29, 0.717) is 0 Å². The van der Waals surface area contributed by atoms with Gasteiger partial charge in [0.15, 0.2) is 0 Å². The van der Waals surface area contributed by atoms with Crippen LogP contribution in [0.2, 0.25) is 0 Å². The first kappa shape index (κ1) is 15.6. The molecule has 5 heteroatoms. The molecule has 0 saturated carbocycles. The maximum Gasteiger partial charge on any atom is 0.254 e. The predicted octanol–water partition coefficient (Wildman–Crippen LogP) is 3.11. The summed E-state index contributed by atoms with van der Waals surface area (Å²) in [4.78, 5) is 18.9. The molecule has 25 heavy (non-hydrogen) atoms. The Bertz CT molecular complexity index is 828. The summed E-state index contributed by atoms with van der Waals surface area (Å²) in [6.45, 7) is 0.834. The van der Waals surface area contributed by atoms with Crippen molar-refractivity contribution in [1.82, 2.24) is 19.7 Å². The summed E-state index contributed by atoms with van der Waals surface area (Å²) in [6.07, 6.45) is 6.20. The highest BCUT2D eigenvalue weighted by atomic mass is 16.2. The lowest BCUT2D eigenvalue weighted by Crippen LogP contribution is -2.36. The molecule has 1 fully saturated rings. The van der Waals surface area contributed by atoms with Crippen LogP contribution in [0.5, 0.6) is 0 Å². The van der Waals surface area contributed by atoms with Crippen molar-refractivity contribution in [3.63, 3.8) is 0 Å². The molecule has 1 atom stereocenters. The zero-order chi connectivity index (χ0) is 17.1. The molecule has 1 aromatic heterocycles. The molecule has 1 saturated heterocycles.